The van der Waals surface area contributed by atoms with Crippen LogP contribution in [0.5, 0.6) is 11.5 Å². The summed E-state index contributed by atoms with van der Waals surface area (Å²) < 4.78 is 11.5. The summed E-state index contributed by atoms with van der Waals surface area (Å²) in [5.74, 6) is 1.09. The first-order chi connectivity index (χ1) is 15.0. The summed E-state index contributed by atoms with van der Waals surface area (Å²) in [6.07, 6.45) is 3.58. The predicted molar refractivity (Wildman–Crippen MR) is 117 cm³/mol. The fourth-order valence-corrected chi connectivity index (χ4v) is 2.92. The zero-order valence-corrected chi connectivity index (χ0v) is 16.8. The SMILES string of the molecule is CCOc1cc(/C=C\c2[nH]c(=O)[nH]c(=O)c2[N+](=O)[O-])ccc1OCCc1ccccc1. The molecule has 9 heteroatoms. The summed E-state index contributed by atoms with van der Waals surface area (Å²) in [5.41, 5.74) is -1.01. The summed E-state index contributed by atoms with van der Waals surface area (Å²) in [4.78, 5) is 37.6. The molecule has 160 valence electrons. The molecule has 2 aromatic carbocycles. The third kappa shape index (κ3) is 5.69. The van der Waals surface area contributed by atoms with Crippen LogP contribution in [-0.4, -0.2) is 28.1 Å². The molecule has 0 amide bonds. The van der Waals surface area contributed by atoms with Gasteiger partial charge in [0.15, 0.2) is 11.5 Å². The molecule has 2 N–H and O–H groups in total. The van der Waals surface area contributed by atoms with Gasteiger partial charge in [-0.1, -0.05) is 42.5 Å². The van der Waals surface area contributed by atoms with Crippen LogP contribution in [0.15, 0.2) is 58.1 Å². The predicted octanol–water partition coefficient (Wildman–Crippen LogP) is 3.16. The van der Waals surface area contributed by atoms with Crippen molar-refractivity contribution in [1.82, 2.24) is 9.97 Å². The smallest absolute Gasteiger partial charge is 0.357 e. The van der Waals surface area contributed by atoms with E-state index in [0.717, 1.165) is 12.0 Å². The van der Waals surface area contributed by atoms with Gasteiger partial charge in [-0.05, 0) is 36.3 Å². The van der Waals surface area contributed by atoms with Crippen molar-refractivity contribution in [2.75, 3.05) is 13.2 Å². The van der Waals surface area contributed by atoms with E-state index in [4.69, 9.17) is 9.47 Å². The fraction of sp³-hybridized carbons (Fsp3) is 0.182. The van der Waals surface area contributed by atoms with Crippen LogP contribution < -0.4 is 20.7 Å². The van der Waals surface area contributed by atoms with E-state index in [-0.39, 0.29) is 5.69 Å². The van der Waals surface area contributed by atoms with Crippen LogP contribution in [0.4, 0.5) is 5.69 Å². The molecule has 0 saturated heterocycles. The third-order valence-electron chi connectivity index (χ3n) is 4.33. The topological polar surface area (TPSA) is 127 Å². The number of H-pyrrole nitrogens is 2. The zero-order valence-electron chi connectivity index (χ0n) is 16.8. The summed E-state index contributed by atoms with van der Waals surface area (Å²) in [6.45, 7) is 2.75. The second-order valence-corrected chi connectivity index (χ2v) is 6.48. The Morgan fingerprint density at radius 2 is 1.77 bits per heavy atom. The van der Waals surface area contributed by atoms with E-state index in [1.807, 2.05) is 42.2 Å². The lowest BCUT2D eigenvalue weighted by Crippen LogP contribution is -2.25. The number of rotatable bonds is 9. The maximum atomic E-state index is 11.7. The summed E-state index contributed by atoms with van der Waals surface area (Å²) in [5, 5.41) is 11.1. The highest BCUT2D eigenvalue weighted by Gasteiger charge is 2.18. The first kappa shape index (κ1) is 21.6. The molecule has 31 heavy (non-hydrogen) atoms. The van der Waals surface area contributed by atoms with Gasteiger partial charge < -0.3 is 14.5 Å². The Morgan fingerprint density at radius 3 is 2.48 bits per heavy atom. The van der Waals surface area contributed by atoms with Crippen LogP contribution in [0, 0.1) is 10.1 Å². The van der Waals surface area contributed by atoms with Crippen molar-refractivity contribution in [3.63, 3.8) is 0 Å². The maximum Gasteiger partial charge on any atom is 0.357 e. The van der Waals surface area contributed by atoms with Gasteiger partial charge in [-0.2, -0.15) is 0 Å². The fourth-order valence-electron chi connectivity index (χ4n) is 2.92. The molecule has 1 heterocycles. The van der Waals surface area contributed by atoms with Crippen LogP contribution in [0.25, 0.3) is 12.2 Å². The minimum atomic E-state index is -1.06. The number of benzene rings is 2. The monoisotopic (exact) mass is 423 g/mol. The maximum absolute atomic E-state index is 11.7. The molecule has 1 aromatic heterocycles. The average Bonchev–Trinajstić information content (AvgIpc) is 2.73. The normalized spacial score (nSPS) is 10.9. The van der Waals surface area contributed by atoms with Gasteiger partial charge in [-0.25, -0.2) is 4.79 Å². The number of nitro groups is 1. The van der Waals surface area contributed by atoms with Gasteiger partial charge in [-0.15, -0.1) is 0 Å². The van der Waals surface area contributed by atoms with Crippen molar-refractivity contribution in [3.05, 3.63) is 96.3 Å². The van der Waals surface area contributed by atoms with Crippen LogP contribution in [0.3, 0.4) is 0 Å². The molecule has 0 spiro atoms. The number of hydrogen-bond donors (Lipinski definition) is 2. The lowest BCUT2D eigenvalue weighted by Gasteiger charge is -2.12. The average molecular weight is 423 g/mol. The van der Waals surface area contributed by atoms with E-state index in [0.29, 0.717) is 30.3 Å². The van der Waals surface area contributed by atoms with E-state index < -0.39 is 21.9 Å². The van der Waals surface area contributed by atoms with Crippen molar-refractivity contribution in [2.45, 2.75) is 13.3 Å². The largest absolute Gasteiger partial charge is 0.490 e. The van der Waals surface area contributed by atoms with Crippen LogP contribution in [-0.2, 0) is 6.42 Å². The molecule has 0 aliphatic carbocycles. The molecule has 0 fully saturated rings. The molecule has 0 radical (unpaired) electrons. The van der Waals surface area contributed by atoms with Gasteiger partial charge in [0, 0.05) is 6.42 Å². The molecule has 0 atom stereocenters. The second-order valence-electron chi connectivity index (χ2n) is 6.48. The van der Waals surface area contributed by atoms with Gasteiger partial charge in [0.05, 0.1) is 18.1 Å². The standard InChI is InChI=1S/C22H21N3O6/c1-2-30-19-14-16(8-10-17-20(25(28)29)21(26)24-22(27)23-17)9-11-18(19)31-13-12-15-6-4-3-5-7-15/h3-11,14H,2,12-13H2,1H3,(H2,23,24,26,27)/b10-8-. The van der Waals surface area contributed by atoms with Gasteiger partial charge >= 0.3 is 16.9 Å². The lowest BCUT2D eigenvalue weighted by atomic mass is 10.1. The molecular formula is C22H21N3O6. The van der Waals surface area contributed by atoms with E-state index >= 15 is 0 Å². The van der Waals surface area contributed by atoms with Gasteiger partial charge in [0.1, 0.15) is 5.69 Å². The molecular weight excluding hydrogens is 402 g/mol. The Balaban J connectivity index is 1.80. The Kier molecular flexibility index (Phi) is 7.00. The second kappa shape index (κ2) is 10.1. The van der Waals surface area contributed by atoms with E-state index in [1.54, 1.807) is 18.2 Å². The first-order valence-corrected chi connectivity index (χ1v) is 9.60. The lowest BCUT2D eigenvalue weighted by molar-refractivity contribution is -0.386. The Hall–Kier alpha value is -4.14. The first-order valence-electron chi connectivity index (χ1n) is 9.60. The quantitative estimate of drug-likeness (QED) is 0.402. The van der Waals surface area contributed by atoms with Crippen molar-refractivity contribution < 1.29 is 14.4 Å². The van der Waals surface area contributed by atoms with Gasteiger partial charge in [0.2, 0.25) is 0 Å². The summed E-state index contributed by atoms with van der Waals surface area (Å²) in [6, 6.07) is 15.2. The minimum Gasteiger partial charge on any atom is -0.490 e. The highest BCUT2D eigenvalue weighted by atomic mass is 16.6. The molecule has 0 aliphatic heterocycles. The number of hydrogen-bond acceptors (Lipinski definition) is 6. The van der Waals surface area contributed by atoms with E-state index in [2.05, 4.69) is 4.98 Å². The van der Waals surface area contributed by atoms with Crippen LogP contribution in [0.1, 0.15) is 23.7 Å². The summed E-state index contributed by atoms with van der Waals surface area (Å²) in [7, 11) is 0. The van der Waals surface area contributed by atoms with Crippen molar-refractivity contribution >= 4 is 17.8 Å². The Bertz CT molecular complexity index is 1200. The number of aromatic amines is 2. The molecule has 0 unspecified atom stereocenters. The molecule has 3 rings (SSSR count). The van der Waals surface area contributed by atoms with Crippen LogP contribution in [0.2, 0.25) is 0 Å². The summed E-state index contributed by atoms with van der Waals surface area (Å²) >= 11 is 0. The minimum absolute atomic E-state index is 0.195. The molecule has 0 aliphatic rings. The number of aromatic nitrogens is 2. The zero-order chi connectivity index (χ0) is 22.2. The number of ether oxygens (including phenoxy) is 2. The van der Waals surface area contributed by atoms with E-state index in [9.17, 15) is 19.7 Å². The molecule has 9 nitrogen and oxygen atoms in total. The van der Waals surface area contributed by atoms with Crippen molar-refractivity contribution in [1.29, 1.82) is 0 Å². The van der Waals surface area contributed by atoms with Gasteiger partial charge in [0.25, 0.3) is 0 Å². The number of nitrogens with one attached hydrogen (secondary N) is 2. The van der Waals surface area contributed by atoms with Crippen molar-refractivity contribution in [3.8, 4) is 11.5 Å². The molecule has 0 saturated carbocycles. The van der Waals surface area contributed by atoms with Gasteiger partial charge in [-0.3, -0.25) is 19.9 Å². The molecule has 3 aromatic rings. The van der Waals surface area contributed by atoms with Crippen LogP contribution >= 0.6 is 0 Å². The highest BCUT2D eigenvalue weighted by Crippen LogP contribution is 2.29. The highest BCUT2D eigenvalue weighted by molar-refractivity contribution is 5.72. The van der Waals surface area contributed by atoms with Crippen molar-refractivity contribution in [2.24, 2.45) is 0 Å². The van der Waals surface area contributed by atoms with E-state index in [1.165, 1.54) is 12.2 Å². The Labute approximate surface area is 177 Å². The third-order valence-corrected chi connectivity index (χ3v) is 4.33. The molecule has 0 bridgehead atoms. The Morgan fingerprint density at radius 1 is 1.00 bits per heavy atom. The number of nitrogens with zero attached hydrogens (tertiary/aromatic N) is 1.